The van der Waals surface area contributed by atoms with E-state index in [0.717, 1.165) is 3.57 Å². The Hall–Kier alpha value is -1.57. The molecule has 0 unspecified atom stereocenters. The summed E-state index contributed by atoms with van der Waals surface area (Å²) in [6, 6.07) is 7.29. The SMILES string of the molecule is COc1ccccc1NC(=O)Cn1cc(I)cn1. The second-order valence-electron chi connectivity index (χ2n) is 3.60. The van der Waals surface area contributed by atoms with Crippen LogP contribution in [0, 0.1) is 3.57 Å². The van der Waals surface area contributed by atoms with Crippen LogP contribution in [0.2, 0.25) is 0 Å². The van der Waals surface area contributed by atoms with E-state index < -0.39 is 0 Å². The van der Waals surface area contributed by atoms with Gasteiger partial charge >= 0.3 is 0 Å². The molecule has 94 valence electrons. The molecule has 0 bridgehead atoms. The van der Waals surface area contributed by atoms with Gasteiger partial charge in [0.25, 0.3) is 0 Å². The number of halogens is 1. The lowest BCUT2D eigenvalue weighted by Crippen LogP contribution is -2.19. The number of rotatable bonds is 4. The third-order valence-corrected chi connectivity index (χ3v) is 2.85. The monoisotopic (exact) mass is 357 g/mol. The maximum absolute atomic E-state index is 11.8. The van der Waals surface area contributed by atoms with Gasteiger partial charge in [0.15, 0.2) is 0 Å². The van der Waals surface area contributed by atoms with Crippen molar-refractivity contribution in [2.24, 2.45) is 0 Å². The number of nitrogens with zero attached hydrogens (tertiary/aromatic N) is 2. The van der Waals surface area contributed by atoms with E-state index in [1.54, 1.807) is 30.1 Å². The van der Waals surface area contributed by atoms with Crippen LogP contribution in [0.5, 0.6) is 5.75 Å². The summed E-state index contributed by atoms with van der Waals surface area (Å²) in [5, 5.41) is 6.85. The fourth-order valence-corrected chi connectivity index (χ4v) is 1.96. The van der Waals surface area contributed by atoms with Gasteiger partial charge in [0.2, 0.25) is 5.91 Å². The number of para-hydroxylation sites is 2. The minimum Gasteiger partial charge on any atom is -0.495 e. The number of nitrogens with one attached hydrogen (secondary N) is 1. The topological polar surface area (TPSA) is 56.1 Å². The smallest absolute Gasteiger partial charge is 0.246 e. The first-order chi connectivity index (χ1) is 8.69. The molecule has 0 aliphatic carbocycles. The van der Waals surface area contributed by atoms with E-state index in [1.807, 2.05) is 18.3 Å². The Morgan fingerprint density at radius 1 is 1.50 bits per heavy atom. The molecule has 0 fully saturated rings. The Balaban J connectivity index is 2.03. The van der Waals surface area contributed by atoms with Crippen LogP contribution in [-0.4, -0.2) is 22.8 Å². The average Bonchev–Trinajstić information content (AvgIpc) is 2.75. The molecular formula is C12H12IN3O2. The highest BCUT2D eigenvalue weighted by Crippen LogP contribution is 2.22. The van der Waals surface area contributed by atoms with Gasteiger partial charge in [-0.05, 0) is 34.7 Å². The highest BCUT2D eigenvalue weighted by Gasteiger charge is 2.07. The predicted octanol–water partition coefficient (Wildman–Crippen LogP) is 2.13. The molecule has 0 radical (unpaired) electrons. The van der Waals surface area contributed by atoms with E-state index in [0.29, 0.717) is 11.4 Å². The third kappa shape index (κ3) is 3.22. The van der Waals surface area contributed by atoms with E-state index in [9.17, 15) is 4.79 Å². The summed E-state index contributed by atoms with van der Waals surface area (Å²) in [7, 11) is 1.57. The molecular weight excluding hydrogens is 345 g/mol. The van der Waals surface area contributed by atoms with Gasteiger partial charge in [-0.1, -0.05) is 12.1 Å². The molecule has 1 N–H and O–H groups in total. The van der Waals surface area contributed by atoms with Gasteiger partial charge in [-0.2, -0.15) is 5.10 Å². The summed E-state index contributed by atoms with van der Waals surface area (Å²) < 4.78 is 7.75. The lowest BCUT2D eigenvalue weighted by molar-refractivity contribution is -0.116. The van der Waals surface area contributed by atoms with Crippen molar-refractivity contribution in [3.8, 4) is 5.75 Å². The van der Waals surface area contributed by atoms with Crippen LogP contribution in [0.15, 0.2) is 36.7 Å². The molecule has 0 saturated heterocycles. The number of carbonyl (C=O) groups is 1. The summed E-state index contributed by atoms with van der Waals surface area (Å²) in [6.07, 6.45) is 3.51. The normalized spacial score (nSPS) is 10.1. The van der Waals surface area contributed by atoms with Crippen molar-refractivity contribution in [3.05, 3.63) is 40.2 Å². The molecule has 0 spiro atoms. The molecule has 2 aromatic rings. The summed E-state index contributed by atoms with van der Waals surface area (Å²) in [4.78, 5) is 11.8. The standard InChI is InChI=1S/C12H12IN3O2/c1-18-11-5-3-2-4-10(11)15-12(17)8-16-7-9(13)6-14-16/h2-7H,8H2,1H3,(H,15,17). The van der Waals surface area contributed by atoms with Crippen molar-refractivity contribution in [2.75, 3.05) is 12.4 Å². The molecule has 1 heterocycles. The van der Waals surface area contributed by atoms with Crippen LogP contribution in [0.1, 0.15) is 0 Å². The molecule has 0 saturated carbocycles. The van der Waals surface area contributed by atoms with Crippen LogP contribution in [0.3, 0.4) is 0 Å². The van der Waals surface area contributed by atoms with Crippen molar-refractivity contribution < 1.29 is 9.53 Å². The maximum Gasteiger partial charge on any atom is 0.246 e. The Labute approximate surface area is 118 Å². The minimum atomic E-state index is -0.140. The van der Waals surface area contributed by atoms with Gasteiger partial charge in [-0.25, -0.2) is 0 Å². The summed E-state index contributed by atoms with van der Waals surface area (Å²) >= 11 is 2.15. The van der Waals surface area contributed by atoms with Crippen LogP contribution < -0.4 is 10.1 Å². The first-order valence-electron chi connectivity index (χ1n) is 5.30. The fraction of sp³-hybridized carbons (Fsp3) is 0.167. The van der Waals surface area contributed by atoms with Crippen molar-refractivity contribution in [1.82, 2.24) is 9.78 Å². The molecule has 0 atom stereocenters. The highest BCUT2D eigenvalue weighted by atomic mass is 127. The quantitative estimate of drug-likeness (QED) is 0.854. The van der Waals surface area contributed by atoms with Gasteiger partial charge in [-0.3, -0.25) is 9.48 Å². The third-order valence-electron chi connectivity index (χ3n) is 2.29. The number of aromatic nitrogens is 2. The molecule has 18 heavy (non-hydrogen) atoms. The number of methoxy groups -OCH3 is 1. The van der Waals surface area contributed by atoms with E-state index in [4.69, 9.17) is 4.74 Å². The first-order valence-corrected chi connectivity index (χ1v) is 6.38. The number of amides is 1. The van der Waals surface area contributed by atoms with E-state index in [2.05, 4.69) is 33.0 Å². The van der Waals surface area contributed by atoms with Gasteiger partial charge in [0.1, 0.15) is 12.3 Å². The van der Waals surface area contributed by atoms with Crippen molar-refractivity contribution in [1.29, 1.82) is 0 Å². The van der Waals surface area contributed by atoms with Crippen molar-refractivity contribution in [2.45, 2.75) is 6.54 Å². The Morgan fingerprint density at radius 2 is 2.28 bits per heavy atom. The molecule has 5 nitrogen and oxygen atoms in total. The van der Waals surface area contributed by atoms with Gasteiger partial charge in [0, 0.05) is 6.20 Å². The first kappa shape index (κ1) is 12.9. The van der Waals surface area contributed by atoms with Gasteiger partial charge in [0.05, 0.1) is 22.6 Å². The summed E-state index contributed by atoms with van der Waals surface area (Å²) in [5.74, 6) is 0.500. The lowest BCUT2D eigenvalue weighted by Gasteiger charge is -2.09. The number of anilines is 1. The number of benzene rings is 1. The van der Waals surface area contributed by atoms with Crippen LogP contribution >= 0.6 is 22.6 Å². The number of hydrogen-bond donors (Lipinski definition) is 1. The Kier molecular flexibility index (Phi) is 4.19. The predicted molar refractivity (Wildman–Crippen MR) is 76.6 cm³/mol. The molecule has 6 heteroatoms. The zero-order valence-corrected chi connectivity index (χ0v) is 11.9. The Morgan fingerprint density at radius 3 is 2.94 bits per heavy atom. The average molecular weight is 357 g/mol. The Bertz CT molecular complexity index is 554. The van der Waals surface area contributed by atoms with E-state index >= 15 is 0 Å². The summed E-state index contributed by atoms with van der Waals surface area (Å²) in [6.45, 7) is 0.182. The van der Waals surface area contributed by atoms with Crippen LogP contribution in [0.4, 0.5) is 5.69 Å². The van der Waals surface area contributed by atoms with Gasteiger partial charge in [-0.15, -0.1) is 0 Å². The summed E-state index contributed by atoms with van der Waals surface area (Å²) in [5.41, 5.74) is 0.659. The number of carbonyl (C=O) groups excluding carboxylic acids is 1. The van der Waals surface area contributed by atoms with Crippen molar-refractivity contribution >= 4 is 34.2 Å². The van der Waals surface area contributed by atoms with Crippen molar-refractivity contribution in [3.63, 3.8) is 0 Å². The van der Waals surface area contributed by atoms with E-state index in [1.165, 1.54) is 0 Å². The molecule has 1 aromatic heterocycles. The molecule has 0 aliphatic rings. The molecule has 1 amide bonds. The second kappa shape index (κ2) is 5.85. The minimum absolute atomic E-state index is 0.140. The number of ether oxygens (including phenoxy) is 1. The zero-order chi connectivity index (χ0) is 13.0. The molecule has 1 aromatic carbocycles. The molecule has 0 aliphatic heterocycles. The fourth-order valence-electron chi connectivity index (χ4n) is 1.51. The molecule has 2 rings (SSSR count). The van der Waals surface area contributed by atoms with Crippen LogP contribution in [-0.2, 0) is 11.3 Å². The lowest BCUT2D eigenvalue weighted by atomic mass is 10.3. The highest BCUT2D eigenvalue weighted by molar-refractivity contribution is 14.1. The van der Waals surface area contributed by atoms with E-state index in [-0.39, 0.29) is 12.5 Å². The number of hydrogen-bond acceptors (Lipinski definition) is 3. The zero-order valence-electron chi connectivity index (χ0n) is 9.76. The van der Waals surface area contributed by atoms with Gasteiger partial charge < -0.3 is 10.1 Å². The van der Waals surface area contributed by atoms with Crippen LogP contribution in [0.25, 0.3) is 0 Å². The largest absolute Gasteiger partial charge is 0.495 e. The second-order valence-corrected chi connectivity index (χ2v) is 4.85. The maximum atomic E-state index is 11.8.